The molecule has 5 rings (SSSR count). The number of nitrogens with one attached hydrogen (secondary N) is 2. The molecule has 0 radical (unpaired) electrons. The van der Waals surface area contributed by atoms with Gasteiger partial charge >= 0.3 is 0 Å². The predicted molar refractivity (Wildman–Crippen MR) is 122 cm³/mol. The molecule has 6 heteroatoms. The van der Waals surface area contributed by atoms with Gasteiger partial charge in [0, 0.05) is 28.9 Å². The Morgan fingerprint density at radius 3 is 2.55 bits per heavy atom. The summed E-state index contributed by atoms with van der Waals surface area (Å²) in [5.41, 5.74) is 4.52. The van der Waals surface area contributed by atoms with Crippen molar-refractivity contribution in [3.63, 3.8) is 0 Å². The maximum absolute atomic E-state index is 13.3. The quantitative estimate of drug-likeness (QED) is 0.415. The van der Waals surface area contributed by atoms with E-state index in [-0.39, 0.29) is 5.91 Å². The van der Waals surface area contributed by atoms with Gasteiger partial charge in [-0.05, 0) is 54.6 Å². The van der Waals surface area contributed by atoms with Crippen LogP contribution in [0.25, 0.3) is 27.8 Å². The zero-order valence-corrected chi connectivity index (χ0v) is 16.9. The Kier molecular flexibility index (Phi) is 4.72. The number of benzene rings is 3. The highest BCUT2D eigenvalue weighted by molar-refractivity contribution is 6.11. The lowest BCUT2D eigenvalue weighted by atomic mass is 10.1. The standard InChI is InChI=1S/C25H20N4O2/c1-31-19-12-10-17(11-13-19)24-21(16-29(28-24)18-6-3-2-4-7-18)25(30)27-23-9-5-8-22-20(23)14-15-26-22/h2-16,26H,1H3,(H,27,30). The second-order valence-electron chi connectivity index (χ2n) is 7.10. The van der Waals surface area contributed by atoms with E-state index in [9.17, 15) is 4.79 Å². The highest BCUT2D eigenvalue weighted by atomic mass is 16.5. The Balaban J connectivity index is 1.57. The summed E-state index contributed by atoms with van der Waals surface area (Å²) in [7, 11) is 1.62. The third kappa shape index (κ3) is 3.55. The molecule has 1 amide bonds. The fourth-order valence-corrected chi connectivity index (χ4v) is 3.60. The molecular formula is C25H20N4O2. The number of anilines is 1. The number of amides is 1. The number of methoxy groups -OCH3 is 1. The molecular weight excluding hydrogens is 388 g/mol. The number of H-pyrrole nitrogens is 1. The second kappa shape index (κ2) is 7.84. The Morgan fingerprint density at radius 2 is 1.77 bits per heavy atom. The molecule has 0 saturated heterocycles. The van der Waals surface area contributed by atoms with Crippen molar-refractivity contribution in [1.82, 2.24) is 14.8 Å². The maximum atomic E-state index is 13.3. The number of ether oxygens (including phenoxy) is 1. The van der Waals surface area contributed by atoms with E-state index in [2.05, 4.69) is 10.3 Å². The van der Waals surface area contributed by atoms with Crippen LogP contribution < -0.4 is 10.1 Å². The number of para-hydroxylation sites is 1. The summed E-state index contributed by atoms with van der Waals surface area (Å²) in [4.78, 5) is 16.5. The van der Waals surface area contributed by atoms with Crippen molar-refractivity contribution in [3.05, 3.63) is 96.8 Å². The minimum Gasteiger partial charge on any atom is -0.497 e. The first kappa shape index (κ1) is 18.7. The second-order valence-corrected chi connectivity index (χ2v) is 7.10. The largest absolute Gasteiger partial charge is 0.497 e. The molecule has 5 aromatic rings. The molecule has 0 atom stereocenters. The topological polar surface area (TPSA) is 71.9 Å². The van der Waals surface area contributed by atoms with Crippen molar-refractivity contribution in [1.29, 1.82) is 0 Å². The summed E-state index contributed by atoms with van der Waals surface area (Å²) < 4.78 is 6.99. The molecule has 0 aliphatic heterocycles. The summed E-state index contributed by atoms with van der Waals surface area (Å²) in [6, 6.07) is 25.0. The minimum absolute atomic E-state index is 0.221. The molecule has 0 fully saturated rings. The number of carbonyl (C=O) groups excluding carboxylic acids is 1. The smallest absolute Gasteiger partial charge is 0.259 e. The van der Waals surface area contributed by atoms with Gasteiger partial charge in [0.2, 0.25) is 0 Å². The Labute approximate surface area is 179 Å². The maximum Gasteiger partial charge on any atom is 0.259 e. The van der Waals surface area contributed by atoms with E-state index < -0.39 is 0 Å². The molecule has 0 aliphatic carbocycles. The van der Waals surface area contributed by atoms with Crippen LogP contribution in [0.3, 0.4) is 0 Å². The van der Waals surface area contributed by atoms with Crippen molar-refractivity contribution in [2.24, 2.45) is 0 Å². The lowest BCUT2D eigenvalue weighted by Crippen LogP contribution is -2.12. The number of hydrogen-bond donors (Lipinski definition) is 2. The minimum atomic E-state index is -0.221. The van der Waals surface area contributed by atoms with Gasteiger partial charge in [-0.3, -0.25) is 4.79 Å². The first-order valence-corrected chi connectivity index (χ1v) is 9.90. The molecule has 0 spiro atoms. The van der Waals surface area contributed by atoms with Crippen LogP contribution in [0.5, 0.6) is 5.75 Å². The van der Waals surface area contributed by atoms with Gasteiger partial charge in [-0.25, -0.2) is 4.68 Å². The molecule has 2 heterocycles. The number of aromatic amines is 1. The number of rotatable bonds is 5. The van der Waals surface area contributed by atoms with Crippen LogP contribution in [-0.4, -0.2) is 27.8 Å². The van der Waals surface area contributed by atoms with Gasteiger partial charge in [-0.15, -0.1) is 0 Å². The van der Waals surface area contributed by atoms with Gasteiger partial charge in [0.05, 0.1) is 24.0 Å². The zero-order valence-electron chi connectivity index (χ0n) is 16.9. The molecule has 2 aromatic heterocycles. The van der Waals surface area contributed by atoms with E-state index >= 15 is 0 Å². The molecule has 31 heavy (non-hydrogen) atoms. The summed E-state index contributed by atoms with van der Waals surface area (Å²) in [6.07, 6.45) is 3.62. The summed E-state index contributed by atoms with van der Waals surface area (Å²) in [6.45, 7) is 0. The van der Waals surface area contributed by atoms with Crippen LogP contribution >= 0.6 is 0 Å². The van der Waals surface area contributed by atoms with Crippen LogP contribution in [0.15, 0.2) is 91.3 Å². The molecule has 2 N–H and O–H groups in total. The molecule has 6 nitrogen and oxygen atoms in total. The first-order valence-electron chi connectivity index (χ1n) is 9.90. The van der Waals surface area contributed by atoms with E-state index in [1.807, 2.05) is 85.1 Å². The molecule has 152 valence electrons. The number of nitrogens with zero attached hydrogens (tertiary/aromatic N) is 2. The van der Waals surface area contributed by atoms with E-state index in [1.165, 1.54) is 0 Å². The number of fused-ring (bicyclic) bond motifs is 1. The predicted octanol–water partition coefficient (Wildman–Crippen LogP) is 5.28. The third-order valence-corrected chi connectivity index (χ3v) is 5.19. The highest BCUT2D eigenvalue weighted by Crippen LogP contribution is 2.28. The Morgan fingerprint density at radius 1 is 0.968 bits per heavy atom. The first-order chi connectivity index (χ1) is 15.2. The molecule has 0 unspecified atom stereocenters. The monoisotopic (exact) mass is 408 g/mol. The zero-order chi connectivity index (χ0) is 21.2. The Hall–Kier alpha value is -4.32. The SMILES string of the molecule is COc1ccc(-c2nn(-c3ccccc3)cc2C(=O)Nc2cccc3[nH]ccc23)cc1. The summed E-state index contributed by atoms with van der Waals surface area (Å²) in [5.74, 6) is 0.526. The van der Waals surface area contributed by atoms with Crippen LogP contribution in [0.1, 0.15) is 10.4 Å². The van der Waals surface area contributed by atoms with E-state index in [1.54, 1.807) is 18.0 Å². The molecule has 0 aliphatic rings. The van der Waals surface area contributed by atoms with Crippen LogP contribution in [0, 0.1) is 0 Å². The molecule has 3 aromatic carbocycles. The lowest BCUT2D eigenvalue weighted by molar-refractivity contribution is 0.102. The average molecular weight is 408 g/mol. The van der Waals surface area contributed by atoms with E-state index in [4.69, 9.17) is 9.84 Å². The Bertz CT molecular complexity index is 1350. The fraction of sp³-hybridized carbons (Fsp3) is 0.0400. The van der Waals surface area contributed by atoms with Crippen LogP contribution in [-0.2, 0) is 0 Å². The van der Waals surface area contributed by atoms with Crippen molar-refractivity contribution in [3.8, 4) is 22.7 Å². The summed E-state index contributed by atoms with van der Waals surface area (Å²) >= 11 is 0. The molecule has 0 bridgehead atoms. The number of carbonyl (C=O) groups is 1. The fourth-order valence-electron chi connectivity index (χ4n) is 3.60. The van der Waals surface area contributed by atoms with E-state index in [0.29, 0.717) is 11.3 Å². The molecule has 0 saturated carbocycles. The number of aromatic nitrogens is 3. The number of hydrogen-bond acceptors (Lipinski definition) is 3. The highest BCUT2D eigenvalue weighted by Gasteiger charge is 2.19. The lowest BCUT2D eigenvalue weighted by Gasteiger charge is -2.07. The van der Waals surface area contributed by atoms with Crippen molar-refractivity contribution in [2.45, 2.75) is 0 Å². The van der Waals surface area contributed by atoms with Crippen LogP contribution in [0.2, 0.25) is 0 Å². The van der Waals surface area contributed by atoms with Crippen molar-refractivity contribution in [2.75, 3.05) is 12.4 Å². The van der Waals surface area contributed by atoms with Gasteiger partial charge < -0.3 is 15.0 Å². The third-order valence-electron chi connectivity index (χ3n) is 5.19. The van der Waals surface area contributed by atoms with Gasteiger partial charge in [-0.2, -0.15) is 5.10 Å². The normalized spacial score (nSPS) is 10.9. The van der Waals surface area contributed by atoms with Crippen molar-refractivity contribution < 1.29 is 9.53 Å². The average Bonchev–Trinajstić information content (AvgIpc) is 3.48. The van der Waals surface area contributed by atoms with Gasteiger partial charge in [0.25, 0.3) is 5.91 Å². The van der Waals surface area contributed by atoms with Gasteiger partial charge in [0.1, 0.15) is 11.4 Å². The van der Waals surface area contributed by atoms with Gasteiger partial charge in [0.15, 0.2) is 0 Å². The summed E-state index contributed by atoms with van der Waals surface area (Å²) in [5, 5.41) is 8.73. The van der Waals surface area contributed by atoms with E-state index in [0.717, 1.165) is 33.6 Å². The van der Waals surface area contributed by atoms with Crippen molar-refractivity contribution >= 4 is 22.5 Å². The van der Waals surface area contributed by atoms with Gasteiger partial charge in [-0.1, -0.05) is 24.3 Å². The van der Waals surface area contributed by atoms with Crippen LogP contribution in [0.4, 0.5) is 5.69 Å².